The average Bonchev–Trinajstić information content (AvgIpc) is 1.82. The van der Waals surface area contributed by atoms with Crippen molar-refractivity contribution in [3.05, 3.63) is 12.7 Å². The first-order valence-electron chi connectivity index (χ1n) is 3.08. The van der Waals surface area contributed by atoms with Crippen molar-refractivity contribution in [3.8, 4) is 0 Å². The fraction of sp³-hybridized carbons (Fsp3) is 0.571. The Hall–Kier alpha value is -1.03. The summed E-state index contributed by atoms with van der Waals surface area (Å²) in [4.78, 5) is 11.5. The van der Waals surface area contributed by atoms with Crippen molar-refractivity contribution in [2.24, 2.45) is 0 Å². The number of rotatable bonds is 2. The lowest BCUT2D eigenvalue weighted by Gasteiger charge is -1.90. The highest BCUT2D eigenvalue weighted by Gasteiger charge is 1.87. The minimum absolute atomic E-state index is 0.0648. The number of hydrogen-bond acceptors (Lipinski definition) is 3. The first kappa shape index (κ1) is 12.6. The summed E-state index contributed by atoms with van der Waals surface area (Å²) in [6.07, 6.45) is 0.105. The molecule has 0 aromatic heterocycles. The van der Waals surface area contributed by atoms with Crippen LogP contribution in [0.1, 0.15) is 0 Å². The van der Waals surface area contributed by atoms with Crippen LogP contribution in [0.3, 0.4) is 0 Å². The van der Waals surface area contributed by atoms with Crippen molar-refractivity contribution >= 4 is 6.16 Å². The third-order valence-electron chi connectivity index (χ3n) is 0.325. The quantitative estimate of drug-likeness (QED) is 0.485. The molecule has 0 aromatic carbocycles. The van der Waals surface area contributed by atoms with E-state index in [0.29, 0.717) is 0 Å². The third kappa shape index (κ3) is 49.4. The second-order valence-electron chi connectivity index (χ2n) is 2.21. The Balaban J connectivity index is 0. The van der Waals surface area contributed by atoms with Gasteiger partial charge in [0.05, 0.1) is 0 Å². The van der Waals surface area contributed by atoms with Crippen LogP contribution in [0.25, 0.3) is 0 Å². The summed E-state index contributed by atoms with van der Waals surface area (Å²) in [5, 5.41) is 7.77. The molecule has 66 valence electrons. The summed E-state index contributed by atoms with van der Waals surface area (Å²) in [7, 11) is 6.00. The lowest BCUT2D eigenvalue weighted by Crippen LogP contribution is -1.99. The summed E-state index contributed by atoms with van der Waals surface area (Å²) in [6.45, 7) is 3.31. The van der Waals surface area contributed by atoms with Crippen LogP contribution in [-0.2, 0) is 4.74 Å². The van der Waals surface area contributed by atoms with Crippen molar-refractivity contribution in [1.29, 1.82) is 0 Å². The van der Waals surface area contributed by atoms with Crippen LogP contribution >= 0.6 is 0 Å². The molecular formula is C7H15NO3. The van der Waals surface area contributed by atoms with E-state index in [1.807, 2.05) is 26.0 Å². The van der Waals surface area contributed by atoms with Crippen LogP contribution in [0.15, 0.2) is 12.7 Å². The van der Waals surface area contributed by atoms with Gasteiger partial charge in [0.1, 0.15) is 6.61 Å². The maximum Gasteiger partial charge on any atom is 0.506 e. The van der Waals surface area contributed by atoms with E-state index in [-0.39, 0.29) is 6.61 Å². The molecule has 0 aliphatic rings. The highest BCUT2D eigenvalue weighted by atomic mass is 16.7. The molecule has 0 atom stereocenters. The predicted molar refractivity (Wildman–Crippen MR) is 43.8 cm³/mol. The van der Waals surface area contributed by atoms with E-state index in [0.717, 1.165) is 0 Å². The normalized spacial score (nSPS) is 8.00. The zero-order valence-electron chi connectivity index (χ0n) is 7.20. The van der Waals surface area contributed by atoms with E-state index in [2.05, 4.69) is 11.3 Å². The lowest BCUT2D eigenvalue weighted by atomic mass is 10.7. The van der Waals surface area contributed by atoms with Crippen LogP contribution in [0, 0.1) is 0 Å². The lowest BCUT2D eigenvalue weighted by molar-refractivity contribution is 0.102. The predicted octanol–water partition coefficient (Wildman–Crippen LogP) is 1.04. The maximum atomic E-state index is 9.49. The number of carboxylic acid groups (broad SMARTS) is 1. The molecule has 11 heavy (non-hydrogen) atoms. The summed E-state index contributed by atoms with van der Waals surface area (Å²) in [5.74, 6) is 0. The van der Waals surface area contributed by atoms with Gasteiger partial charge < -0.3 is 14.7 Å². The zero-order chi connectivity index (χ0) is 9.28. The molecule has 0 saturated carbocycles. The molecule has 0 fully saturated rings. The topological polar surface area (TPSA) is 49.8 Å². The van der Waals surface area contributed by atoms with Crippen molar-refractivity contribution < 1.29 is 14.6 Å². The molecule has 0 radical (unpaired) electrons. The first-order valence-corrected chi connectivity index (χ1v) is 3.08. The Labute approximate surface area is 67.1 Å². The monoisotopic (exact) mass is 161 g/mol. The Morgan fingerprint density at radius 1 is 1.64 bits per heavy atom. The van der Waals surface area contributed by atoms with Crippen LogP contribution < -0.4 is 0 Å². The van der Waals surface area contributed by atoms with Gasteiger partial charge in [0.25, 0.3) is 0 Å². The van der Waals surface area contributed by atoms with Gasteiger partial charge in [-0.25, -0.2) is 4.79 Å². The molecule has 0 aliphatic carbocycles. The highest BCUT2D eigenvalue weighted by Crippen LogP contribution is 1.73. The highest BCUT2D eigenvalue weighted by molar-refractivity contribution is 5.56. The van der Waals surface area contributed by atoms with Gasteiger partial charge in [-0.3, -0.25) is 0 Å². The van der Waals surface area contributed by atoms with Crippen molar-refractivity contribution in [2.45, 2.75) is 0 Å². The number of carbonyl (C=O) groups is 1. The van der Waals surface area contributed by atoms with Gasteiger partial charge in [0.15, 0.2) is 0 Å². The molecule has 4 nitrogen and oxygen atoms in total. The minimum Gasteiger partial charge on any atom is -0.450 e. The van der Waals surface area contributed by atoms with Crippen LogP contribution in [0.4, 0.5) is 4.79 Å². The SMILES string of the molecule is C=CCOC(=O)O.CN(C)C. The van der Waals surface area contributed by atoms with Gasteiger partial charge in [-0.1, -0.05) is 12.7 Å². The van der Waals surface area contributed by atoms with E-state index in [9.17, 15) is 4.79 Å². The van der Waals surface area contributed by atoms with E-state index in [1.54, 1.807) is 0 Å². The van der Waals surface area contributed by atoms with Gasteiger partial charge in [0, 0.05) is 0 Å². The molecule has 0 heterocycles. The van der Waals surface area contributed by atoms with E-state index < -0.39 is 6.16 Å². The Morgan fingerprint density at radius 2 is 2.00 bits per heavy atom. The average molecular weight is 161 g/mol. The number of ether oxygens (including phenoxy) is 1. The van der Waals surface area contributed by atoms with Gasteiger partial charge in [0.2, 0.25) is 0 Å². The Kier molecular flexibility index (Phi) is 10.3. The second-order valence-corrected chi connectivity index (χ2v) is 2.21. The summed E-state index contributed by atoms with van der Waals surface area (Å²) < 4.78 is 3.99. The Morgan fingerprint density at radius 3 is 2.09 bits per heavy atom. The molecule has 0 rings (SSSR count). The molecule has 4 heteroatoms. The largest absolute Gasteiger partial charge is 0.506 e. The molecular weight excluding hydrogens is 146 g/mol. The van der Waals surface area contributed by atoms with E-state index in [1.165, 1.54) is 6.08 Å². The van der Waals surface area contributed by atoms with Gasteiger partial charge in [-0.15, -0.1) is 0 Å². The van der Waals surface area contributed by atoms with Gasteiger partial charge in [-0.05, 0) is 21.1 Å². The molecule has 0 saturated heterocycles. The third-order valence-corrected chi connectivity index (χ3v) is 0.325. The van der Waals surface area contributed by atoms with E-state index >= 15 is 0 Å². The summed E-state index contributed by atoms with van der Waals surface area (Å²) in [6, 6.07) is 0. The minimum atomic E-state index is -1.26. The van der Waals surface area contributed by atoms with Crippen LogP contribution in [0.2, 0.25) is 0 Å². The fourth-order valence-electron chi connectivity index (χ4n) is 0.130. The molecule has 0 bridgehead atoms. The molecule has 1 N–H and O–H groups in total. The number of nitrogens with zero attached hydrogens (tertiary/aromatic N) is 1. The molecule has 0 spiro atoms. The molecule has 0 aromatic rings. The standard InChI is InChI=1S/C4H6O3.C3H9N/c1-2-3-7-4(5)6;1-4(2)3/h2H,1,3H2,(H,5,6);1-3H3. The zero-order valence-corrected chi connectivity index (χ0v) is 7.20. The van der Waals surface area contributed by atoms with Crippen molar-refractivity contribution in [1.82, 2.24) is 4.90 Å². The molecule has 0 unspecified atom stereocenters. The van der Waals surface area contributed by atoms with E-state index in [4.69, 9.17) is 5.11 Å². The second kappa shape index (κ2) is 8.97. The fourth-order valence-corrected chi connectivity index (χ4v) is 0.130. The van der Waals surface area contributed by atoms with Gasteiger partial charge in [-0.2, -0.15) is 0 Å². The van der Waals surface area contributed by atoms with Gasteiger partial charge >= 0.3 is 6.16 Å². The smallest absolute Gasteiger partial charge is 0.450 e. The maximum absolute atomic E-state index is 9.49. The summed E-state index contributed by atoms with van der Waals surface area (Å²) in [5.41, 5.74) is 0. The molecule has 0 aliphatic heterocycles. The summed E-state index contributed by atoms with van der Waals surface area (Å²) >= 11 is 0. The van der Waals surface area contributed by atoms with Crippen LogP contribution in [0.5, 0.6) is 0 Å². The van der Waals surface area contributed by atoms with Crippen molar-refractivity contribution in [3.63, 3.8) is 0 Å². The Bertz CT molecular complexity index is 109. The number of hydrogen-bond donors (Lipinski definition) is 1. The first-order chi connectivity index (χ1) is 5.00. The van der Waals surface area contributed by atoms with Crippen molar-refractivity contribution in [2.75, 3.05) is 27.7 Å². The molecule has 0 amide bonds. The van der Waals surface area contributed by atoms with Crippen LogP contribution in [-0.4, -0.2) is 43.9 Å².